The number of hydrogen-bond acceptors (Lipinski definition) is 4. The highest BCUT2D eigenvalue weighted by Gasteiger charge is 2.43. The maximum atomic E-state index is 12.3. The van der Waals surface area contributed by atoms with E-state index in [1.807, 2.05) is 0 Å². The van der Waals surface area contributed by atoms with Gasteiger partial charge in [-0.25, -0.2) is 4.79 Å². The van der Waals surface area contributed by atoms with E-state index in [9.17, 15) is 9.59 Å². The molecule has 2 saturated carbocycles. The molecule has 0 aromatic carbocycles. The van der Waals surface area contributed by atoms with Gasteiger partial charge in [-0.3, -0.25) is 4.79 Å². The van der Waals surface area contributed by atoms with Gasteiger partial charge in [0.25, 0.3) is 0 Å². The number of carbonyl (C=O) groups is 2. The first kappa shape index (κ1) is 13.7. The molecule has 3 rings (SSSR count). The van der Waals surface area contributed by atoms with Crippen LogP contribution < -0.4 is 10.6 Å². The monoisotopic (exact) mass is 282 g/mol. The third-order valence-corrected chi connectivity index (χ3v) is 4.89. The highest BCUT2D eigenvalue weighted by atomic mass is 16.6. The minimum atomic E-state index is -0.369. The number of hydrogen-bond donors (Lipinski definition) is 3. The highest BCUT2D eigenvalue weighted by molar-refractivity contribution is 5.79. The summed E-state index contributed by atoms with van der Waals surface area (Å²) in [5.74, 6) is 0.479. The van der Waals surface area contributed by atoms with Crippen LogP contribution in [0.4, 0.5) is 4.79 Å². The van der Waals surface area contributed by atoms with Crippen molar-refractivity contribution in [2.45, 2.75) is 56.7 Å². The summed E-state index contributed by atoms with van der Waals surface area (Å²) in [5, 5.41) is 14.9. The van der Waals surface area contributed by atoms with Crippen LogP contribution in [-0.2, 0) is 9.53 Å². The summed E-state index contributed by atoms with van der Waals surface area (Å²) < 4.78 is 5.21. The van der Waals surface area contributed by atoms with Gasteiger partial charge in [0.2, 0.25) is 5.91 Å². The topological polar surface area (TPSA) is 87.7 Å². The number of carbonyl (C=O) groups excluding carboxylic acids is 2. The zero-order chi connectivity index (χ0) is 14.1. The fourth-order valence-corrected chi connectivity index (χ4v) is 3.65. The molecule has 3 fully saturated rings. The zero-order valence-corrected chi connectivity index (χ0v) is 11.5. The van der Waals surface area contributed by atoms with Crippen LogP contribution in [0.15, 0.2) is 0 Å². The summed E-state index contributed by atoms with van der Waals surface area (Å²) in [7, 11) is 0. The Kier molecular flexibility index (Phi) is 3.83. The van der Waals surface area contributed by atoms with Gasteiger partial charge in [0.05, 0.1) is 6.04 Å². The molecule has 0 radical (unpaired) electrons. The molecule has 1 aliphatic heterocycles. The smallest absolute Gasteiger partial charge is 0.407 e. The van der Waals surface area contributed by atoms with Crippen molar-refractivity contribution in [1.29, 1.82) is 0 Å². The largest absolute Gasteiger partial charge is 0.444 e. The van der Waals surface area contributed by atoms with Crippen molar-refractivity contribution >= 4 is 12.0 Å². The predicted molar refractivity (Wildman–Crippen MR) is 70.9 cm³/mol. The van der Waals surface area contributed by atoms with E-state index < -0.39 is 0 Å². The van der Waals surface area contributed by atoms with E-state index in [1.165, 1.54) is 0 Å². The number of alkyl carbamates (subject to hydrolysis) is 1. The Morgan fingerprint density at radius 2 is 2.05 bits per heavy atom. The Balaban J connectivity index is 1.51. The maximum absolute atomic E-state index is 12.3. The van der Waals surface area contributed by atoms with Crippen molar-refractivity contribution in [2.75, 3.05) is 6.61 Å². The molecule has 2 bridgehead atoms. The lowest BCUT2D eigenvalue weighted by Crippen LogP contribution is -2.46. The van der Waals surface area contributed by atoms with E-state index in [-0.39, 0.29) is 42.7 Å². The number of amides is 2. The Hall–Kier alpha value is -1.30. The molecular formula is C14H22N2O4. The molecule has 0 spiro atoms. The van der Waals surface area contributed by atoms with Crippen molar-refractivity contribution in [2.24, 2.45) is 11.8 Å². The van der Waals surface area contributed by atoms with Gasteiger partial charge in [0.15, 0.2) is 0 Å². The normalized spacial score (nSPS) is 39.9. The van der Waals surface area contributed by atoms with E-state index in [1.54, 1.807) is 0 Å². The Morgan fingerprint density at radius 1 is 1.30 bits per heavy atom. The van der Waals surface area contributed by atoms with Crippen molar-refractivity contribution in [1.82, 2.24) is 10.6 Å². The summed E-state index contributed by atoms with van der Waals surface area (Å²) in [4.78, 5) is 23.5. The van der Waals surface area contributed by atoms with Crippen molar-refractivity contribution < 1.29 is 19.4 Å². The Bertz CT molecular complexity index is 393. The lowest BCUT2D eigenvalue weighted by Gasteiger charge is -2.28. The minimum Gasteiger partial charge on any atom is -0.444 e. The van der Waals surface area contributed by atoms with Gasteiger partial charge in [-0.2, -0.15) is 0 Å². The number of ether oxygens (including phenoxy) is 1. The second-order valence-electron chi connectivity index (χ2n) is 6.27. The number of fused-ring (bicyclic) bond motifs is 2. The second kappa shape index (κ2) is 5.60. The average molecular weight is 282 g/mol. The average Bonchev–Trinajstić information content (AvgIpc) is 2.73. The molecule has 1 saturated heterocycles. The molecule has 112 valence electrons. The molecule has 20 heavy (non-hydrogen) atoms. The zero-order valence-electron chi connectivity index (χ0n) is 11.5. The molecule has 2 amide bonds. The third-order valence-electron chi connectivity index (χ3n) is 4.89. The number of aliphatic hydroxyl groups excluding tert-OH is 1. The van der Waals surface area contributed by atoms with Gasteiger partial charge in [0.1, 0.15) is 6.10 Å². The molecule has 0 aromatic rings. The van der Waals surface area contributed by atoms with Crippen LogP contribution in [0.5, 0.6) is 0 Å². The van der Waals surface area contributed by atoms with Crippen molar-refractivity contribution in [3.05, 3.63) is 0 Å². The predicted octanol–water partition coefficient (Wildman–Crippen LogP) is 0.541. The van der Waals surface area contributed by atoms with Gasteiger partial charge < -0.3 is 20.5 Å². The number of rotatable bonds is 3. The fraction of sp³-hybridized carbons (Fsp3) is 0.857. The first-order valence-corrected chi connectivity index (χ1v) is 7.54. The van der Waals surface area contributed by atoms with Crippen LogP contribution in [0, 0.1) is 11.8 Å². The lowest BCUT2D eigenvalue weighted by atomic mass is 9.82. The van der Waals surface area contributed by atoms with E-state index in [2.05, 4.69) is 10.6 Å². The molecule has 6 heteroatoms. The summed E-state index contributed by atoms with van der Waals surface area (Å²) in [6.07, 6.45) is 4.52. The van der Waals surface area contributed by atoms with Crippen LogP contribution in [-0.4, -0.2) is 41.9 Å². The number of nitrogens with one attached hydrogen (secondary N) is 2. The molecule has 3 aliphatic rings. The molecular weight excluding hydrogens is 260 g/mol. The summed E-state index contributed by atoms with van der Waals surface area (Å²) >= 11 is 0. The molecule has 3 atom stereocenters. The fourth-order valence-electron chi connectivity index (χ4n) is 3.65. The van der Waals surface area contributed by atoms with Crippen LogP contribution in [0.3, 0.4) is 0 Å². The summed E-state index contributed by atoms with van der Waals surface area (Å²) in [6, 6.07) is 0.0821. The SMILES string of the molecule is O=C1N[C@@H]2C[C@@H](NC(=O)C3CCC(CO)CC3)[C@@H](C2)O1. The van der Waals surface area contributed by atoms with E-state index >= 15 is 0 Å². The molecule has 1 heterocycles. The first-order valence-electron chi connectivity index (χ1n) is 7.54. The Labute approximate surface area is 118 Å². The second-order valence-corrected chi connectivity index (χ2v) is 6.27. The summed E-state index contributed by atoms with van der Waals surface area (Å²) in [6.45, 7) is 0.225. The molecule has 3 N–H and O–H groups in total. The maximum Gasteiger partial charge on any atom is 0.407 e. The lowest BCUT2D eigenvalue weighted by molar-refractivity contribution is -0.127. The minimum absolute atomic E-state index is 0.0434. The van der Waals surface area contributed by atoms with Gasteiger partial charge in [-0.15, -0.1) is 0 Å². The van der Waals surface area contributed by atoms with E-state index in [0.717, 1.165) is 38.5 Å². The van der Waals surface area contributed by atoms with Crippen molar-refractivity contribution in [3.8, 4) is 0 Å². The quantitative estimate of drug-likeness (QED) is 0.705. The molecule has 0 unspecified atom stereocenters. The van der Waals surface area contributed by atoms with Crippen molar-refractivity contribution in [3.63, 3.8) is 0 Å². The van der Waals surface area contributed by atoms with E-state index in [4.69, 9.17) is 9.84 Å². The van der Waals surface area contributed by atoms with Crippen LogP contribution in [0.2, 0.25) is 0 Å². The Morgan fingerprint density at radius 3 is 2.75 bits per heavy atom. The molecule has 0 aromatic heterocycles. The van der Waals surface area contributed by atoms with Crippen LogP contribution in [0.25, 0.3) is 0 Å². The van der Waals surface area contributed by atoms with Crippen LogP contribution >= 0.6 is 0 Å². The first-order chi connectivity index (χ1) is 9.65. The highest BCUT2D eigenvalue weighted by Crippen LogP contribution is 2.30. The molecule has 6 nitrogen and oxygen atoms in total. The van der Waals surface area contributed by atoms with Gasteiger partial charge in [-0.05, 0) is 38.0 Å². The summed E-state index contributed by atoms with van der Waals surface area (Å²) in [5.41, 5.74) is 0. The number of aliphatic hydroxyl groups is 1. The van der Waals surface area contributed by atoms with Gasteiger partial charge >= 0.3 is 6.09 Å². The molecule has 2 aliphatic carbocycles. The van der Waals surface area contributed by atoms with Gasteiger partial charge in [-0.1, -0.05) is 0 Å². The standard InChI is InChI=1S/C14H22N2O4/c17-7-8-1-3-9(4-2-8)13(18)16-11-5-10-6-12(11)20-14(19)15-10/h8-12,17H,1-7H2,(H,15,19)(H,16,18)/t8?,9?,10-,11-,12-/m1/s1. The van der Waals surface area contributed by atoms with Gasteiger partial charge in [0, 0.05) is 25.0 Å². The van der Waals surface area contributed by atoms with E-state index in [0.29, 0.717) is 5.92 Å². The van der Waals surface area contributed by atoms with Crippen LogP contribution in [0.1, 0.15) is 38.5 Å². The third kappa shape index (κ3) is 2.75.